The standard InChI is InChI=1S/C54H99NO5/c1-4-7-10-13-16-19-22-24-26-27-28-31-34-37-40-43-46-52(57)51(49-56)55-53(58)48-50(45-42-39-36-33-30-21-18-15-12-9-6-3)60-54(59)47-44-41-38-35-32-29-25-23-20-17-14-11-8-5-2/h9,12,15,18,21,29-30,32,50-52,56-57H,4-8,10-11,13-14,16-17,19-20,22-28,31,33-49H2,1-3H3,(H,55,58)/b12-9+,18-15+,30-21-,32-29-. The van der Waals surface area contributed by atoms with Gasteiger partial charge in [0.15, 0.2) is 0 Å². The Labute approximate surface area is 372 Å². The van der Waals surface area contributed by atoms with E-state index in [4.69, 9.17) is 4.74 Å². The van der Waals surface area contributed by atoms with Gasteiger partial charge in [0, 0.05) is 6.42 Å². The molecule has 3 unspecified atom stereocenters. The second-order valence-corrected chi connectivity index (χ2v) is 17.6. The lowest BCUT2D eigenvalue weighted by Crippen LogP contribution is -2.46. The van der Waals surface area contributed by atoms with Gasteiger partial charge in [-0.2, -0.15) is 0 Å². The van der Waals surface area contributed by atoms with Gasteiger partial charge in [0.2, 0.25) is 5.91 Å². The highest BCUT2D eigenvalue weighted by atomic mass is 16.5. The summed E-state index contributed by atoms with van der Waals surface area (Å²) in [5.41, 5.74) is 0. The SMILES string of the molecule is CC/C=C/C=C/C=C\CCCCCC(CC(=O)NC(CO)C(O)CCCCCCCCCCCCCCCCCC)OC(=O)CCCCC/C=C\CCCCCCCCC. The lowest BCUT2D eigenvalue weighted by atomic mass is 10.0. The van der Waals surface area contributed by atoms with Gasteiger partial charge in [-0.25, -0.2) is 0 Å². The molecule has 0 heterocycles. The fourth-order valence-corrected chi connectivity index (χ4v) is 7.78. The van der Waals surface area contributed by atoms with Crippen LogP contribution in [0.25, 0.3) is 0 Å². The molecule has 0 fully saturated rings. The van der Waals surface area contributed by atoms with E-state index in [1.165, 1.54) is 128 Å². The van der Waals surface area contributed by atoms with Gasteiger partial charge in [-0.15, -0.1) is 0 Å². The molecule has 0 aliphatic heterocycles. The normalized spacial score (nSPS) is 13.6. The zero-order valence-corrected chi connectivity index (χ0v) is 39.8. The van der Waals surface area contributed by atoms with Crippen LogP contribution in [0.2, 0.25) is 0 Å². The van der Waals surface area contributed by atoms with Gasteiger partial charge < -0.3 is 20.3 Å². The fourth-order valence-electron chi connectivity index (χ4n) is 7.78. The summed E-state index contributed by atoms with van der Waals surface area (Å²) in [6.45, 7) is 6.34. The molecule has 0 saturated carbocycles. The third-order valence-electron chi connectivity index (χ3n) is 11.7. The maximum Gasteiger partial charge on any atom is 0.306 e. The van der Waals surface area contributed by atoms with Crippen molar-refractivity contribution < 1.29 is 24.5 Å². The van der Waals surface area contributed by atoms with E-state index in [0.717, 1.165) is 83.5 Å². The third-order valence-corrected chi connectivity index (χ3v) is 11.7. The van der Waals surface area contributed by atoms with Crippen LogP contribution in [0, 0.1) is 0 Å². The van der Waals surface area contributed by atoms with Crippen molar-refractivity contribution in [2.75, 3.05) is 6.61 Å². The largest absolute Gasteiger partial charge is 0.462 e. The molecule has 1 amide bonds. The van der Waals surface area contributed by atoms with E-state index in [1.807, 2.05) is 12.2 Å². The lowest BCUT2D eigenvalue weighted by Gasteiger charge is -2.24. The average Bonchev–Trinajstić information content (AvgIpc) is 3.24. The molecule has 0 saturated heterocycles. The number of nitrogens with one attached hydrogen (secondary N) is 1. The predicted molar refractivity (Wildman–Crippen MR) is 259 cm³/mol. The van der Waals surface area contributed by atoms with E-state index in [9.17, 15) is 19.8 Å². The van der Waals surface area contributed by atoms with Crippen molar-refractivity contribution in [3.63, 3.8) is 0 Å². The highest BCUT2D eigenvalue weighted by molar-refractivity contribution is 5.77. The molecule has 6 heteroatoms. The maximum atomic E-state index is 13.2. The smallest absolute Gasteiger partial charge is 0.306 e. The van der Waals surface area contributed by atoms with Crippen molar-refractivity contribution in [3.05, 3.63) is 48.6 Å². The van der Waals surface area contributed by atoms with E-state index in [-0.39, 0.29) is 24.9 Å². The first kappa shape index (κ1) is 57.8. The number of hydrogen-bond acceptors (Lipinski definition) is 5. The number of unbranched alkanes of at least 4 members (excludes halogenated alkanes) is 28. The Morgan fingerprint density at radius 3 is 1.42 bits per heavy atom. The van der Waals surface area contributed by atoms with E-state index in [0.29, 0.717) is 19.3 Å². The summed E-state index contributed by atoms with van der Waals surface area (Å²) in [5, 5.41) is 23.8. The molecule has 0 radical (unpaired) electrons. The van der Waals surface area contributed by atoms with Gasteiger partial charge in [-0.3, -0.25) is 9.59 Å². The molecule has 0 bridgehead atoms. The molecule has 0 aliphatic rings. The van der Waals surface area contributed by atoms with Crippen molar-refractivity contribution in [2.24, 2.45) is 0 Å². The average molecular weight is 842 g/mol. The molecule has 3 atom stereocenters. The number of rotatable bonds is 46. The Morgan fingerprint density at radius 2 is 0.917 bits per heavy atom. The molecule has 60 heavy (non-hydrogen) atoms. The van der Waals surface area contributed by atoms with E-state index < -0.39 is 18.2 Å². The van der Waals surface area contributed by atoms with Gasteiger partial charge in [-0.1, -0.05) is 223 Å². The summed E-state index contributed by atoms with van der Waals surface area (Å²) in [5.74, 6) is -0.524. The first-order valence-corrected chi connectivity index (χ1v) is 25.9. The number of ether oxygens (including phenoxy) is 1. The lowest BCUT2D eigenvalue weighted by molar-refractivity contribution is -0.151. The van der Waals surface area contributed by atoms with Crippen molar-refractivity contribution in [1.29, 1.82) is 0 Å². The summed E-state index contributed by atoms with van der Waals surface area (Å²) >= 11 is 0. The second kappa shape index (κ2) is 47.9. The van der Waals surface area contributed by atoms with E-state index in [2.05, 4.69) is 62.5 Å². The molecular formula is C54H99NO5. The molecule has 0 spiro atoms. The number of hydrogen-bond donors (Lipinski definition) is 3. The van der Waals surface area contributed by atoms with Crippen molar-refractivity contribution in [3.8, 4) is 0 Å². The Hall–Kier alpha value is -2.18. The highest BCUT2D eigenvalue weighted by Crippen LogP contribution is 2.17. The first-order valence-electron chi connectivity index (χ1n) is 25.9. The molecule has 350 valence electrons. The molecule has 6 nitrogen and oxygen atoms in total. The summed E-state index contributed by atoms with van der Waals surface area (Å²) in [4.78, 5) is 26.1. The van der Waals surface area contributed by atoms with Crippen LogP contribution in [-0.4, -0.2) is 46.9 Å². The minimum Gasteiger partial charge on any atom is -0.462 e. The highest BCUT2D eigenvalue weighted by Gasteiger charge is 2.24. The fraction of sp³-hybridized carbons (Fsp3) is 0.815. The molecular weight excluding hydrogens is 743 g/mol. The van der Waals surface area contributed by atoms with Crippen LogP contribution in [-0.2, 0) is 14.3 Å². The molecule has 0 aromatic heterocycles. The molecule has 0 rings (SSSR count). The van der Waals surface area contributed by atoms with E-state index >= 15 is 0 Å². The van der Waals surface area contributed by atoms with Crippen molar-refractivity contribution >= 4 is 11.9 Å². The van der Waals surface area contributed by atoms with Crippen LogP contribution in [0.3, 0.4) is 0 Å². The summed E-state index contributed by atoms with van der Waals surface area (Å²) in [6, 6.07) is -0.715. The van der Waals surface area contributed by atoms with E-state index in [1.54, 1.807) is 0 Å². The minimum atomic E-state index is -0.799. The zero-order chi connectivity index (χ0) is 43.8. The molecule has 0 aromatic carbocycles. The van der Waals surface area contributed by atoms with Gasteiger partial charge in [-0.05, 0) is 70.6 Å². The topological polar surface area (TPSA) is 95.9 Å². The van der Waals surface area contributed by atoms with Crippen LogP contribution in [0.1, 0.15) is 258 Å². The van der Waals surface area contributed by atoms with Gasteiger partial charge in [0.1, 0.15) is 6.10 Å². The Kier molecular flexibility index (Phi) is 46.1. The molecule has 0 aromatic rings. The quantitative estimate of drug-likeness (QED) is 0.0246. The van der Waals surface area contributed by atoms with Crippen LogP contribution >= 0.6 is 0 Å². The monoisotopic (exact) mass is 842 g/mol. The third kappa shape index (κ3) is 42.5. The predicted octanol–water partition coefficient (Wildman–Crippen LogP) is 15.5. The van der Waals surface area contributed by atoms with Crippen LogP contribution < -0.4 is 5.32 Å². The van der Waals surface area contributed by atoms with Gasteiger partial charge in [0.25, 0.3) is 0 Å². The number of carbonyl (C=O) groups excluding carboxylic acids is 2. The number of allylic oxidation sites excluding steroid dienone is 8. The number of amides is 1. The molecule has 3 N–H and O–H groups in total. The van der Waals surface area contributed by atoms with Crippen LogP contribution in [0.5, 0.6) is 0 Å². The summed E-state index contributed by atoms with van der Waals surface area (Å²) < 4.78 is 5.90. The Bertz CT molecular complexity index is 1040. The first-order chi connectivity index (χ1) is 29.5. The Balaban J connectivity index is 4.54. The van der Waals surface area contributed by atoms with Crippen molar-refractivity contribution in [2.45, 2.75) is 277 Å². The second-order valence-electron chi connectivity index (χ2n) is 17.6. The van der Waals surface area contributed by atoms with Gasteiger partial charge in [0.05, 0.1) is 25.2 Å². The number of esters is 1. The number of carbonyl (C=O) groups is 2. The minimum absolute atomic E-state index is 0.0491. The maximum absolute atomic E-state index is 13.2. The van der Waals surface area contributed by atoms with Crippen LogP contribution in [0.15, 0.2) is 48.6 Å². The van der Waals surface area contributed by atoms with Crippen molar-refractivity contribution in [1.82, 2.24) is 5.32 Å². The summed E-state index contributed by atoms with van der Waals surface area (Å²) in [6.07, 6.45) is 57.5. The number of aliphatic hydroxyl groups is 2. The Morgan fingerprint density at radius 1 is 0.500 bits per heavy atom. The summed E-state index contributed by atoms with van der Waals surface area (Å²) in [7, 11) is 0. The van der Waals surface area contributed by atoms with Gasteiger partial charge >= 0.3 is 5.97 Å². The zero-order valence-electron chi connectivity index (χ0n) is 39.8. The number of aliphatic hydroxyl groups excluding tert-OH is 2. The van der Waals surface area contributed by atoms with Crippen LogP contribution in [0.4, 0.5) is 0 Å². The molecule has 0 aliphatic carbocycles.